The predicted octanol–water partition coefficient (Wildman–Crippen LogP) is 1.51. The van der Waals surface area contributed by atoms with Gasteiger partial charge in [-0.1, -0.05) is 137 Å². The molecule has 15 amide bonds. The van der Waals surface area contributed by atoms with Crippen LogP contribution < -0.4 is 53.6 Å². The van der Waals surface area contributed by atoms with Gasteiger partial charge in [-0.2, -0.15) is 0 Å². The highest BCUT2D eigenvalue weighted by molar-refractivity contribution is 8.00. The SMILES string of the molecule is CCCC[C@H]1C(=O)N2C[C@H](O)C[C@@H]2C(=O)N[C@@H](CC(=O)O)C(=O)N[C@@H](C(C)C)C(=O)N(C)[C@@H](Cc2ccccc2)C(=O)N[C@@H](Cc2ccc(O)cc2)C(=O)N2CCC[C@@H]2C(=O)N[C@@H](Cc2c[nH]c3ccccc23)C(=O)N[C@@H](Cc2ccc(O)cc2)C(=O)N[C@@H](CCO)C(=O)N[C@H](C(=O)NCC(N)=O)CSCC(=O)N[C@@H](Cc2cc(F)c(F)c(F)c2)C(=O)N(C)[C@@H](CCc2ccccc2)C(=O)N1C. The Kier molecular flexibility index (Phi) is 38.0. The zero-order valence-electron chi connectivity index (χ0n) is 76.6. The van der Waals surface area contributed by atoms with E-state index in [2.05, 4.69) is 52.8 Å². The maximum absolute atomic E-state index is 15.8. The monoisotopic (exact) mass is 1920 g/mol. The molecule has 137 heavy (non-hydrogen) atoms. The lowest BCUT2D eigenvalue weighted by atomic mass is 9.98. The third-order valence-electron chi connectivity index (χ3n) is 24.4. The van der Waals surface area contributed by atoms with Crippen LogP contribution in [0.4, 0.5) is 13.2 Å². The second-order valence-corrected chi connectivity index (χ2v) is 35.8. The van der Waals surface area contributed by atoms with Gasteiger partial charge in [0.25, 0.3) is 0 Å². The molecule has 0 aliphatic carbocycles. The number of benzene rings is 6. The van der Waals surface area contributed by atoms with E-state index < -0.39 is 271 Å². The van der Waals surface area contributed by atoms with Crippen molar-refractivity contribution in [2.24, 2.45) is 11.7 Å². The number of nitrogens with one attached hydrogen (secondary N) is 10. The molecule has 3 saturated heterocycles. The Hall–Kier alpha value is -14.0. The average molecular weight is 1920 g/mol. The molecule has 1 aromatic heterocycles. The maximum Gasteiger partial charge on any atom is 0.305 e. The molecule has 4 heterocycles. The van der Waals surface area contributed by atoms with Crippen molar-refractivity contribution in [2.75, 3.05) is 58.9 Å². The van der Waals surface area contributed by atoms with E-state index in [9.17, 15) is 63.5 Å². The highest BCUT2D eigenvalue weighted by Gasteiger charge is 2.48. The number of aryl methyl sites for hydroxylation is 1. The van der Waals surface area contributed by atoms with Crippen LogP contribution >= 0.6 is 11.8 Å². The number of amides is 15. The molecule has 37 nitrogen and oxygen atoms in total. The number of carbonyl (C=O) groups excluding carboxylic acids is 15. The smallest absolute Gasteiger partial charge is 0.305 e. The number of aromatic amines is 1. The topological polar surface area (TPSA) is 541 Å². The number of phenolic OH excluding ortho intramolecular Hbond substituents is 2. The number of thioether (sulfide) groups is 1. The van der Waals surface area contributed by atoms with Crippen LogP contribution in [0.1, 0.15) is 112 Å². The van der Waals surface area contributed by atoms with Crippen molar-refractivity contribution in [3.8, 4) is 11.5 Å². The van der Waals surface area contributed by atoms with Crippen LogP contribution in [0, 0.1) is 23.4 Å². The number of primary amides is 1. The summed E-state index contributed by atoms with van der Waals surface area (Å²) in [6.07, 6.45) is -3.75. The molecule has 0 spiro atoms. The molecule has 7 aromatic rings. The Labute approximate surface area is 792 Å². The Morgan fingerprint density at radius 3 is 1.66 bits per heavy atom. The van der Waals surface area contributed by atoms with Crippen LogP contribution in [0.15, 0.2) is 152 Å². The van der Waals surface area contributed by atoms with Crippen molar-refractivity contribution in [3.05, 3.63) is 203 Å². The average Bonchev–Trinajstić information content (AvgIpc) is 1.71. The van der Waals surface area contributed by atoms with Crippen LogP contribution in [-0.4, -0.2) is 293 Å². The van der Waals surface area contributed by atoms with Gasteiger partial charge >= 0.3 is 5.97 Å². The van der Waals surface area contributed by atoms with Crippen LogP contribution in [0.25, 0.3) is 10.9 Å². The van der Waals surface area contributed by atoms with Crippen LogP contribution in [0.3, 0.4) is 0 Å². The number of carboxylic acid groups (broad SMARTS) is 1. The number of nitrogens with two attached hydrogens (primary N) is 1. The van der Waals surface area contributed by atoms with Gasteiger partial charge in [0.1, 0.15) is 90.0 Å². The molecule has 3 aliphatic rings. The molecule has 3 fully saturated rings. The van der Waals surface area contributed by atoms with Crippen molar-refractivity contribution in [1.82, 2.24) is 77.3 Å². The first-order valence-electron chi connectivity index (χ1n) is 45.1. The fraction of sp³-hybridized carbons (Fsp3) is 0.438. The Morgan fingerprint density at radius 1 is 0.526 bits per heavy atom. The number of para-hydroxylation sites is 1. The second kappa shape index (κ2) is 49.5. The van der Waals surface area contributed by atoms with Gasteiger partial charge in [0.15, 0.2) is 17.5 Å². The molecule has 41 heteroatoms. The zero-order chi connectivity index (χ0) is 99.6. The van der Waals surface area contributed by atoms with E-state index in [0.717, 1.165) is 19.6 Å². The number of halogens is 3. The quantitative estimate of drug-likeness (QED) is 0.0381. The number of carbonyl (C=O) groups is 16. The van der Waals surface area contributed by atoms with Crippen molar-refractivity contribution in [1.29, 1.82) is 0 Å². The van der Waals surface area contributed by atoms with Gasteiger partial charge in [0.05, 0.1) is 24.8 Å². The van der Waals surface area contributed by atoms with Gasteiger partial charge in [-0.05, 0) is 120 Å². The lowest BCUT2D eigenvalue weighted by Crippen LogP contribution is -2.62. The Balaban J connectivity index is 1.06. The molecule has 0 saturated carbocycles. The number of hydrogen-bond acceptors (Lipinski definition) is 21. The number of aliphatic hydroxyl groups excluding tert-OH is 2. The highest BCUT2D eigenvalue weighted by Crippen LogP contribution is 2.29. The minimum atomic E-state index is -2.04. The number of likely N-dealkylation sites (N-methyl/N-ethyl adjacent to an activating group) is 3. The number of phenols is 2. The number of nitrogens with zero attached hydrogens (tertiary/aromatic N) is 5. The number of aliphatic carboxylic acids is 1. The normalized spacial score (nSPS) is 23.7. The fourth-order valence-corrected chi connectivity index (χ4v) is 17.8. The molecule has 0 radical (unpaired) electrons. The third-order valence-corrected chi connectivity index (χ3v) is 25.4. The van der Waals surface area contributed by atoms with E-state index in [1.807, 2.05) is 0 Å². The molecule has 0 unspecified atom stereocenters. The molecule has 3 aliphatic heterocycles. The predicted molar refractivity (Wildman–Crippen MR) is 494 cm³/mol. The fourth-order valence-electron chi connectivity index (χ4n) is 16.9. The molecule has 10 rings (SSSR count). The van der Waals surface area contributed by atoms with E-state index in [1.165, 1.54) is 88.4 Å². The van der Waals surface area contributed by atoms with Gasteiger partial charge in [-0.3, -0.25) is 76.7 Å². The number of hydrogen-bond donors (Lipinski definition) is 16. The van der Waals surface area contributed by atoms with Crippen molar-refractivity contribution >= 4 is 117 Å². The van der Waals surface area contributed by atoms with Gasteiger partial charge < -0.3 is 109 Å². The lowest BCUT2D eigenvalue weighted by molar-refractivity contribution is -0.152. The Morgan fingerprint density at radius 2 is 1.04 bits per heavy atom. The highest BCUT2D eigenvalue weighted by atomic mass is 32.2. The number of aromatic hydroxyl groups is 2. The summed E-state index contributed by atoms with van der Waals surface area (Å²) in [7, 11) is 3.66. The number of unbranched alkanes of at least 4 members (excludes halogenated alkanes) is 1. The summed E-state index contributed by atoms with van der Waals surface area (Å²) in [6.45, 7) is 2.51. The zero-order valence-corrected chi connectivity index (χ0v) is 77.4. The van der Waals surface area contributed by atoms with Gasteiger partial charge in [0, 0.05) is 102 Å². The number of carboxylic acids is 1. The molecular formula is C96H117F3N16O21S. The third kappa shape index (κ3) is 28.8. The number of rotatable bonds is 24. The van der Waals surface area contributed by atoms with E-state index in [0.29, 0.717) is 69.0 Å². The van der Waals surface area contributed by atoms with E-state index in [4.69, 9.17) is 5.73 Å². The van der Waals surface area contributed by atoms with Crippen LogP contribution in [-0.2, 0) is 115 Å². The lowest BCUT2D eigenvalue weighted by Gasteiger charge is -2.38. The summed E-state index contributed by atoms with van der Waals surface area (Å²) in [5.41, 5.74) is 7.91. The van der Waals surface area contributed by atoms with E-state index in [1.54, 1.807) is 98.0 Å². The molecule has 6 aromatic carbocycles. The van der Waals surface area contributed by atoms with Crippen LogP contribution in [0.2, 0.25) is 0 Å². The van der Waals surface area contributed by atoms with Crippen LogP contribution in [0.5, 0.6) is 11.5 Å². The van der Waals surface area contributed by atoms with E-state index >= 15 is 51.9 Å². The first-order chi connectivity index (χ1) is 65.3. The minimum absolute atomic E-state index is 0.0259. The number of H-pyrrole nitrogens is 1. The first kappa shape index (κ1) is 105. The number of aromatic nitrogens is 1. The van der Waals surface area contributed by atoms with Crippen molar-refractivity contribution < 1.29 is 115 Å². The largest absolute Gasteiger partial charge is 0.508 e. The second-order valence-electron chi connectivity index (χ2n) is 34.7. The molecule has 17 N–H and O–H groups in total. The maximum atomic E-state index is 15.8. The van der Waals surface area contributed by atoms with Gasteiger partial charge in [0.2, 0.25) is 88.6 Å². The standard InChI is InChI=1S/C96H117F3N16O21S/c1-7-8-24-75-95(135)115-50-62(119)46-78(115)91(131)107-70(47-81(122)123)88(128)110-83(53(2)3)96(136)113(6)77(44-55-20-13-10-14-21-55)90(130)108-72(42-57-28-33-61(118)34-29-57)93(133)114-37-17-25-74(114)89(129)106-69(45-59-48-101-66-23-16-15-22-63(59)66)87(127)105-68(41-56-26-31-60(117)32-27-56)86(126)104-67(36-38-116)85(125)109-73(84(124)102-49-79(100)120)51-137-52-80(121)103-71(43-58-39-64(97)82(99)65(98)40-58)92(132)111(4)76(94(134)112(75)5)35-30-54-18-11-9-12-19-54/h9-16,18-23,26-29,31-34,39-40,48,53,62,67-78,83,101,116-119H,7-8,17,24-25,30,35-38,41-47,49-52H2,1-6H3,(H2,100,120)(H,102,124)(H,103,121)(H,104,126)(H,105,127)(H,106,129)(H,107,131)(H,108,130)(H,109,125)(H,110,128)(H,122,123)/t62-,67+,68+,69+,70+,71+,72+,73+,74-,75+,76+,77+,78-,83+/m1/s1. The summed E-state index contributed by atoms with van der Waals surface area (Å²) < 4.78 is 45.1. The molecule has 0 bridgehead atoms. The Bertz CT molecular complexity index is 5470. The molecule has 14 atom stereocenters. The van der Waals surface area contributed by atoms with Gasteiger partial charge in [-0.15, -0.1) is 11.8 Å². The summed E-state index contributed by atoms with van der Waals surface area (Å²) in [6, 6.07) is 14.1. The van der Waals surface area contributed by atoms with Gasteiger partial charge in [-0.25, -0.2) is 13.2 Å². The summed E-state index contributed by atoms with van der Waals surface area (Å²) in [5, 5.41) is 77.0. The summed E-state index contributed by atoms with van der Waals surface area (Å²) in [4.78, 5) is 247. The first-order valence-corrected chi connectivity index (χ1v) is 46.3. The van der Waals surface area contributed by atoms with Crippen molar-refractivity contribution in [2.45, 2.75) is 202 Å². The number of aliphatic hydroxyl groups is 2. The molecule has 734 valence electrons. The van der Waals surface area contributed by atoms with E-state index in [-0.39, 0.29) is 75.8 Å². The number of fused-ring (bicyclic) bond motifs is 3. The minimum Gasteiger partial charge on any atom is -0.508 e. The summed E-state index contributed by atoms with van der Waals surface area (Å²) in [5.74, 6) is -25.0. The summed E-state index contributed by atoms with van der Waals surface area (Å²) >= 11 is 0.616. The molecular weight excluding hydrogens is 1800 g/mol. The van der Waals surface area contributed by atoms with Crippen molar-refractivity contribution in [3.63, 3.8) is 0 Å².